The van der Waals surface area contributed by atoms with E-state index in [1.165, 1.54) is 0 Å². The Balaban J connectivity index is 1.59. The molecule has 5 heteroatoms. The topological polar surface area (TPSA) is 58.6 Å². The van der Waals surface area contributed by atoms with Gasteiger partial charge in [-0.1, -0.05) is 48.9 Å². The minimum Gasteiger partial charge on any atom is -0.496 e. The van der Waals surface area contributed by atoms with Crippen LogP contribution in [0.5, 0.6) is 5.75 Å². The van der Waals surface area contributed by atoms with E-state index in [9.17, 15) is 9.59 Å². The van der Waals surface area contributed by atoms with Crippen molar-refractivity contribution in [2.75, 3.05) is 26.7 Å². The fourth-order valence-electron chi connectivity index (χ4n) is 4.26. The zero-order valence-electron chi connectivity index (χ0n) is 16.9. The van der Waals surface area contributed by atoms with Gasteiger partial charge in [0, 0.05) is 31.1 Å². The standard InChI is InChI=1S/C24H28N2O3/c1-29-22-12-5-4-11-21(22)20-10-3-2-7-18(20)15-19-16-26(14-13-25-23(19)27)24(28)17-8-6-9-17/h2-5,7,10-12,17,19H,6,8-9,13-16H2,1H3,(H,25,27). The van der Waals surface area contributed by atoms with E-state index >= 15 is 0 Å². The van der Waals surface area contributed by atoms with Gasteiger partial charge in [-0.25, -0.2) is 0 Å². The number of hydrogen-bond acceptors (Lipinski definition) is 3. The lowest BCUT2D eigenvalue weighted by Gasteiger charge is -2.32. The van der Waals surface area contributed by atoms with Crippen LogP contribution in [0.1, 0.15) is 24.8 Å². The normalized spacial score (nSPS) is 19.8. The van der Waals surface area contributed by atoms with E-state index in [-0.39, 0.29) is 23.7 Å². The summed E-state index contributed by atoms with van der Waals surface area (Å²) in [6.07, 6.45) is 3.70. The molecule has 2 fully saturated rings. The summed E-state index contributed by atoms with van der Waals surface area (Å²) in [6.45, 7) is 1.62. The van der Waals surface area contributed by atoms with Crippen molar-refractivity contribution in [1.29, 1.82) is 0 Å². The van der Waals surface area contributed by atoms with Crippen LogP contribution in [-0.2, 0) is 16.0 Å². The van der Waals surface area contributed by atoms with E-state index in [2.05, 4.69) is 17.4 Å². The molecule has 1 saturated carbocycles. The summed E-state index contributed by atoms with van der Waals surface area (Å²) >= 11 is 0. The van der Waals surface area contributed by atoms with Gasteiger partial charge in [-0.3, -0.25) is 9.59 Å². The van der Waals surface area contributed by atoms with Crippen molar-refractivity contribution in [2.45, 2.75) is 25.7 Å². The van der Waals surface area contributed by atoms with Crippen molar-refractivity contribution in [3.8, 4) is 16.9 Å². The molecule has 0 radical (unpaired) electrons. The number of para-hydroxylation sites is 1. The van der Waals surface area contributed by atoms with Gasteiger partial charge in [0.1, 0.15) is 5.75 Å². The highest BCUT2D eigenvalue weighted by Gasteiger charge is 2.33. The van der Waals surface area contributed by atoms with Gasteiger partial charge in [-0.2, -0.15) is 0 Å². The third kappa shape index (κ3) is 4.14. The van der Waals surface area contributed by atoms with Crippen LogP contribution in [0.3, 0.4) is 0 Å². The predicted molar refractivity (Wildman–Crippen MR) is 113 cm³/mol. The first kappa shape index (κ1) is 19.5. The van der Waals surface area contributed by atoms with Gasteiger partial charge in [0.2, 0.25) is 11.8 Å². The highest BCUT2D eigenvalue weighted by atomic mass is 16.5. The summed E-state index contributed by atoms with van der Waals surface area (Å²) in [4.78, 5) is 27.4. The second-order valence-corrected chi connectivity index (χ2v) is 7.96. The molecule has 1 saturated heterocycles. The Morgan fingerprint density at radius 1 is 1.10 bits per heavy atom. The van der Waals surface area contributed by atoms with Crippen molar-refractivity contribution in [3.05, 3.63) is 54.1 Å². The number of carbonyl (C=O) groups is 2. The number of methoxy groups -OCH3 is 1. The number of nitrogens with one attached hydrogen (secondary N) is 1. The second kappa shape index (κ2) is 8.68. The lowest BCUT2D eigenvalue weighted by molar-refractivity contribution is -0.138. The van der Waals surface area contributed by atoms with E-state index in [1.807, 2.05) is 41.3 Å². The second-order valence-electron chi connectivity index (χ2n) is 7.96. The molecule has 0 spiro atoms. The lowest BCUT2D eigenvalue weighted by Crippen LogP contribution is -2.42. The van der Waals surface area contributed by atoms with Crippen LogP contribution in [0.2, 0.25) is 0 Å². The monoisotopic (exact) mass is 392 g/mol. The van der Waals surface area contributed by atoms with Crippen LogP contribution < -0.4 is 10.1 Å². The zero-order valence-corrected chi connectivity index (χ0v) is 16.9. The lowest BCUT2D eigenvalue weighted by atomic mass is 9.84. The van der Waals surface area contributed by atoms with Crippen LogP contribution in [0, 0.1) is 11.8 Å². The Kier molecular flexibility index (Phi) is 5.84. The summed E-state index contributed by atoms with van der Waals surface area (Å²) in [5.74, 6) is 0.966. The van der Waals surface area contributed by atoms with Gasteiger partial charge in [-0.15, -0.1) is 0 Å². The van der Waals surface area contributed by atoms with Crippen LogP contribution >= 0.6 is 0 Å². The number of hydrogen-bond donors (Lipinski definition) is 1. The third-order valence-corrected chi connectivity index (χ3v) is 6.14. The van der Waals surface area contributed by atoms with E-state index in [1.54, 1.807) is 7.11 Å². The molecule has 4 rings (SSSR count). The van der Waals surface area contributed by atoms with Crippen molar-refractivity contribution in [1.82, 2.24) is 10.2 Å². The van der Waals surface area contributed by atoms with Crippen LogP contribution in [-0.4, -0.2) is 43.5 Å². The van der Waals surface area contributed by atoms with Crippen molar-refractivity contribution in [3.63, 3.8) is 0 Å². The highest BCUT2D eigenvalue weighted by Crippen LogP contribution is 2.34. The quantitative estimate of drug-likeness (QED) is 0.850. The molecular formula is C24H28N2O3. The highest BCUT2D eigenvalue weighted by molar-refractivity contribution is 5.84. The molecule has 1 aliphatic heterocycles. The Bertz CT molecular complexity index is 891. The van der Waals surface area contributed by atoms with Gasteiger partial charge >= 0.3 is 0 Å². The Hall–Kier alpha value is -2.82. The molecule has 1 aliphatic carbocycles. The molecule has 1 N–H and O–H groups in total. The summed E-state index contributed by atoms with van der Waals surface area (Å²) < 4.78 is 5.55. The molecule has 2 aromatic rings. The van der Waals surface area contributed by atoms with E-state index in [0.717, 1.165) is 41.7 Å². The number of carbonyl (C=O) groups excluding carboxylic acids is 2. The molecule has 1 atom stereocenters. The van der Waals surface area contributed by atoms with Crippen LogP contribution in [0.25, 0.3) is 11.1 Å². The SMILES string of the molecule is COc1ccccc1-c1ccccc1CC1CN(C(=O)C2CCC2)CCNC1=O. The number of ether oxygens (including phenoxy) is 1. The first-order valence-electron chi connectivity index (χ1n) is 10.4. The summed E-state index contributed by atoms with van der Waals surface area (Å²) in [5, 5.41) is 3.00. The molecule has 2 amide bonds. The molecule has 2 aromatic carbocycles. The van der Waals surface area contributed by atoms with Crippen molar-refractivity contribution < 1.29 is 14.3 Å². The van der Waals surface area contributed by atoms with Gasteiger partial charge in [-0.05, 0) is 36.5 Å². The van der Waals surface area contributed by atoms with Gasteiger partial charge in [0.05, 0.1) is 13.0 Å². The van der Waals surface area contributed by atoms with Gasteiger partial charge in [0.15, 0.2) is 0 Å². The number of amides is 2. The van der Waals surface area contributed by atoms with Crippen molar-refractivity contribution in [2.24, 2.45) is 11.8 Å². The van der Waals surface area contributed by atoms with Crippen LogP contribution in [0.4, 0.5) is 0 Å². The van der Waals surface area contributed by atoms with E-state index < -0.39 is 0 Å². The molecule has 1 unspecified atom stereocenters. The largest absolute Gasteiger partial charge is 0.496 e. The smallest absolute Gasteiger partial charge is 0.225 e. The average molecular weight is 392 g/mol. The maximum Gasteiger partial charge on any atom is 0.225 e. The Morgan fingerprint density at radius 2 is 1.83 bits per heavy atom. The molecule has 0 aromatic heterocycles. The molecule has 152 valence electrons. The molecular weight excluding hydrogens is 364 g/mol. The Labute approximate surface area is 172 Å². The fourth-order valence-corrected chi connectivity index (χ4v) is 4.26. The van der Waals surface area contributed by atoms with Gasteiger partial charge in [0.25, 0.3) is 0 Å². The van der Waals surface area contributed by atoms with Crippen LogP contribution in [0.15, 0.2) is 48.5 Å². The minimum atomic E-state index is -0.252. The molecule has 1 heterocycles. The summed E-state index contributed by atoms with van der Waals surface area (Å²) in [6, 6.07) is 16.1. The number of benzene rings is 2. The Morgan fingerprint density at radius 3 is 2.55 bits per heavy atom. The first-order chi connectivity index (χ1) is 14.2. The predicted octanol–water partition coefficient (Wildman–Crippen LogP) is 3.28. The van der Waals surface area contributed by atoms with E-state index in [4.69, 9.17) is 4.74 Å². The van der Waals surface area contributed by atoms with Crippen molar-refractivity contribution >= 4 is 11.8 Å². The zero-order chi connectivity index (χ0) is 20.2. The fraction of sp³-hybridized carbons (Fsp3) is 0.417. The molecule has 2 aliphatic rings. The maximum atomic E-state index is 12.8. The molecule has 0 bridgehead atoms. The van der Waals surface area contributed by atoms with E-state index in [0.29, 0.717) is 26.1 Å². The number of nitrogens with zero attached hydrogens (tertiary/aromatic N) is 1. The number of rotatable bonds is 5. The molecule has 29 heavy (non-hydrogen) atoms. The maximum absolute atomic E-state index is 12.8. The first-order valence-corrected chi connectivity index (χ1v) is 10.4. The van der Waals surface area contributed by atoms with Gasteiger partial charge < -0.3 is 15.0 Å². The minimum absolute atomic E-state index is 0.0312. The average Bonchev–Trinajstić information content (AvgIpc) is 2.89. The summed E-state index contributed by atoms with van der Waals surface area (Å²) in [7, 11) is 1.67. The molecule has 5 nitrogen and oxygen atoms in total. The summed E-state index contributed by atoms with van der Waals surface area (Å²) in [5.41, 5.74) is 3.18. The third-order valence-electron chi connectivity index (χ3n) is 6.14.